The second-order valence-corrected chi connectivity index (χ2v) is 9.42. The van der Waals surface area contributed by atoms with Crippen LogP contribution >= 0.6 is 39.7 Å². The number of carbonyl (C=O) groups is 1. The van der Waals surface area contributed by atoms with E-state index in [0.717, 1.165) is 28.0 Å². The summed E-state index contributed by atoms with van der Waals surface area (Å²) >= 11 is 4.90. The summed E-state index contributed by atoms with van der Waals surface area (Å²) < 4.78 is 7.08. The Kier molecular flexibility index (Phi) is 7.75. The first-order valence-electron chi connectivity index (χ1n) is 9.38. The number of hydrazone groups is 1. The van der Waals surface area contributed by atoms with Gasteiger partial charge in [-0.15, -0.1) is 28.8 Å². The number of nitrogens with two attached hydrogens (primary N) is 1. The largest absolute Gasteiger partial charge is 0.378 e. The van der Waals surface area contributed by atoms with E-state index in [1.54, 1.807) is 6.21 Å². The van der Waals surface area contributed by atoms with Crippen molar-refractivity contribution in [3.63, 3.8) is 0 Å². The summed E-state index contributed by atoms with van der Waals surface area (Å²) in [7, 11) is 0. The van der Waals surface area contributed by atoms with Crippen LogP contribution in [0.15, 0.2) is 25.6 Å². The third-order valence-electron chi connectivity index (χ3n) is 4.92. The number of carbonyl (C=O) groups excluding carboxylic acids is 1. The molecule has 4 rings (SSSR count). The predicted molar refractivity (Wildman–Crippen MR) is 122 cm³/mol. The normalized spacial score (nSPS) is 17.0. The van der Waals surface area contributed by atoms with Crippen LogP contribution in [0, 0.1) is 0 Å². The van der Waals surface area contributed by atoms with E-state index in [-0.39, 0.29) is 29.7 Å². The molecule has 0 saturated carbocycles. The molecule has 0 spiro atoms. The molecular formula is C17H21BrClN9O2S. The van der Waals surface area contributed by atoms with Gasteiger partial charge in [-0.2, -0.15) is 9.78 Å². The second kappa shape index (κ2) is 10.3. The summed E-state index contributed by atoms with van der Waals surface area (Å²) in [6.45, 7) is 3.55. The molecule has 3 N–H and O–H groups in total. The molecule has 1 saturated heterocycles. The van der Waals surface area contributed by atoms with Crippen LogP contribution in [0.4, 0.5) is 5.82 Å². The topological polar surface area (TPSA) is 140 Å². The Balaban J connectivity index is 0.00000272. The Bertz CT molecular complexity index is 1070. The Morgan fingerprint density at radius 3 is 2.97 bits per heavy atom. The molecule has 1 unspecified atom stereocenters. The maximum absolute atomic E-state index is 12.8. The van der Waals surface area contributed by atoms with Crippen molar-refractivity contribution in [2.24, 2.45) is 5.10 Å². The van der Waals surface area contributed by atoms with Crippen molar-refractivity contribution in [1.82, 2.24) is 35.6 Å². The number of likely N-dealkylation sites (tertiary alicyclic amines) is 1. The zero-order chi connectivity index (χ0) is 21.1. The van der Waals surface area contributed by atoms with Gasteiger partial charge in [-0.1, -0.05) is 11.6 Å². The van der Waals surface area contributed by atoms with Crippen molar-refractivity contribution >= 4 is 57.6 Å². The van der Waals surface area contributed by atoms with E-state index in [4.69, 9.17) is 10.4 Å². The number of rotatable bonds is 6. The molecule has 14 heteroatoms. The highest BCUT2D eigenvalue weighted by Gasteiger charge is 2.27. The summed E-state index contributed by atoms with van der Waals surface area (Å²) in [5.41, 5.74) is 9.06. The van der Waals surface area contributed by atoms with Crippen molar-refractivity contribution in [2.75, 3.05) is 12.3 Å². The lowest BCUT2D eigenvalue weighted by molar-refractivity contribution is 0.0945. The van der Waals surface area contributed by atoms with Crippen LogP contribution < -0.4 is 11.2 Å². The summed E-state index contributed by atoms with van der Waals surface area (Å²) in [5.74, 6) is -0.197. The number of thiophene rings is 1. The fourth-order valence-electron chi connectivity index (χ4n) is 3.32. The molecule has 1 aliphatic heterocycles. The minimum absolute atomic E-state index is 0. The van der Waals surface area contributed by atoms with Crippen molar-refractivity contribution in [3.8, 4) is 5.82 Å². The standard InChI is InChI=1S/C17H20BrN9O2S.ClH/c1-10-4-2-3-7-26(10)9-12-14(21-25-27(12)16-15(19)23-29-24-16)17(28)22-20-8-11-5-6-13(18)30-11;/h5-6,8,10H,2-4,7,9H2,1H3,(H2,19,23)(H,22,28);1H/b20-8-;. The lowest BCUT2D eigenvalue weighted by atomic mass is 10.0. The van der Waals surface area contributed by atoms with Crippen LogP contribution in [0.5, 0.6) is 0 Å². The summed E-state index contributed by atoms with van der Waals surface area (Å²) in [6.07, 6.45) is 4.96. The highest BCUT2D eigenvalue weighted by Crippen LogP contribution is 2.23. The Morgan fingerprint density at radius 1 is 1.45 bits per heavy atom. The van der Waals surface area contributed by atoms with Crippen LogP contribution in [0.1, 0.15) is 47.2 Å². The Hall–Kier alpha value is -2.35. The highest BCUT2D eigenvalue weighted by atomic mass is 79.9. The van der Waals surface area contributed by atoms with Crippen LogP contribution in [-0.4, -0.2) is 54.9 Å². The van der Waals surface area contributed by atoms with E-state index in [9.17, 15) is 4.79 Å². The van der Waals surface area contributed by atoms with Crippen molar-refractivity contribution in [3.05, 3.63) is 32.2 Å². The number of piperidine rings is 1. The number of nitrogens with zero attached hydrogens (tertiary/aromatic N) is 7. The highest BCUT2D eigenvalue weighted by molar-refractivity contribution is 9.11. The van der Waals surface area contributed by atoms with Crippen molar-refractivity contribution in [1.29, 1.82) is 0 Å². The average Bonchev–Trinajstić information content (AvgIpc) is 3.44. The lowest BCUT2D eigenvalue weighted by Crippen LogP contribution is -2.38. The SMILES string of the molecule is CC1CCCCN1Cc1c(C(=O)N/N=C\c2ccc(Br)s2)nnn1-c1nonc1N.Cl. The van der Waals surface area contributed by atoms with Gasteiger partial charge in [-0.25, -0.2) is 10.1 Å². The molecule has 3 aromatic rings. The van der Waals surface area contributed by atoms with Gasteiger partial charge in [-0.3, -0.25) is 9.69 Å². The molecule has 11 nitrogen and oxygen atoms in total. The van der Waals surface area contributed by atoms with Gasteiger partial charge >= 0.3 is 0 Å². The second-order valence-electron chi connectivity index (χ2n) is 6.93. The van der Waals surface area contributed by atoms with Gasteiger partial charge in [0.05, 0.1) is 15.7 Å². The van der Waals surface area contributed by atoms with Gasteiger partial charge in [0.25, 0.3) is 5.91 Å². The minimum Gasteiger partial charge on any atom is -0.378 e. The molecule has 0 bridgehead atoms. The monoisotopic (exact) mass is 529 g/mol. The van der Waals surface area contributed by atoms with Gasteiger partial charge in [0, 0.05) is 17.5 Å². The molecule has 3 aromatic heterocycles. The van der Waals surface area contributed by atoms with Crippen LogP contribution in [0.2, 0.25) is 0 Å². The molecule has 4 heterocycles. The van der Waals surface area contributed by atoms with E-state index in [0.29, 0.717) is 18.3 Å². The Labute approximate surface area is 196 Å². The third-order valence-corrected chi connectivity index (χ3v) is 6.48. The number of nitrogens with one attached hydrogen (secondary N) is 1. The molecule has 0 aromatic carbocycles. The number of hydrogen-bond acceptors (Lipinski definition) is 10. The molecule has 1 atom stereocenters. The number of anilines is 1. The molecular weight excluding hydrogens is 510 g/mol. The first-order valence-corrected chi connectivity index (χ1v) is 11.0. The molecule has 1 amide bonds. The summed E-state index contributed by atoms with van der Waals surface area (Å²) in [5, 5.41) is 19.6. The lowest BCUT2D eigenvalue weighted by Gasteiger charge is -2.33. The zero-order valence-corrected chi connectivity index (χ0v) is 19.8. The van der Waals surface area contributed by atoms with Crippen LogP contribution in [-0.2, 0) is 6.54 Å². The fraction of sp³-hybridized carbons (Fsp3) is 0.412. The van der Waals surface area contributed by atoms with Gasteiger partial charge in [-0.05, 0) is 64.7 Å². The molecule has 1 aliphatic rings. The van der Waals surface area contributed by atoms with Gasteiger partial charge < -0.3 is 5.73 Å². The molecule has 31 heavy (non-hydrogen) atoms. The predicted octanol–water partition coefficient (Wildman–Crippen LogP) is 2.62. The first kappa shape index (κ1) is 23.3. The molecule has 0 radical (unpaired) electrons. The van der Waals surface area contributed by atoms with Crippen molar-refractivity contribution < 1.29 is 9.42 Å². The van der Waals surface area contributed by atoms with Crippen LogP contribution in [0.25, 0.3) is 5.82 Å². The smallest absolute Gasteiger partial charge is 0.293 e. The number of hydrogen-bond donors (Lipinski definition) is 2. The van der Waals surface area contributed by atoms with E-state index >= 15 is 0 Å². The minimum atomic E-state index is -0.470. The zero-order valence-electron chi connectivity index (χ0n) is 16.6. The van der Waals surface area contributed by atoms with E-state index < -0.39 is 5.91 Å². The summed E-state index contributed by atoms with van der Waals surface area (Å²) in [4.78, 5) is 16.0. The molecule has 1 fully saturated rings. The quantitative estimate of drug-likeness (QED) is 0.366. The number of halogens is 2. The Morgan fingerprint density at radius 2 is 2.29 bits per heavy atom. The van der Waals surface area contributed by atoms with Crippen molar-refractivity contribution in [2.45, 2.75) is 38.8 Å². The van der Waals surface area contributed by atoms with Gasteiger partial charge in [0.1, 0.15) is 0 Å². The maximum Gasteiger partial charge on any atom is 0.293 e. The van der Waals surface area contributed by atoms with E-state index in [1.165, 1.54) is 22.4 Å². The van der Waals surface area contributed by atoms with Gasteiger partial charge in [0.15, 0.2) is 5.69 Å². The maximum atomic E-state index is 12.8. The van der Waals surface area contributed by atoms with E-state index in [1.807, 2.05) is 12.1 Å². The number of aromatic nitrogens is 5. The van der Waals surface area contributed by atoms with Gasteiger partial charge in [0.2, 0.25) is 11.6 Å². The fourth-order valence-corrected chi connectivity index (χ4v) is 4.61. The average molecular weight is 531 g/mol. The molecule has 0 aliphatic carbocycles. The third kappa shape index (κ3) is 5.29. The van der Waals surface area contributed by atoms with E-state index in [2.05, 4.69) is 58.9 Å². The molecule has 166 valence electrons. The number of amides is 1. The number of nitrogen functional groups attached to an aromatic ring is 1. The summed E-state index contributed by atoms with van der Waals surface area (Å²) in [6, 6.07) is 4.18. The first-order chi connectivity index (χ1) is 14.5. The van der Waals surface area contributed by atoms with Crippen LogP contribution in [0.3, 0.4) is 0 Å².